The molecule has 4 nitrogen and oxygen atoms in total. The van der Waals surface area contributed by atoms with Gasteiger partial charge in [0.15, 0.2) is 11.4 Å². The van der Waals surface area contributed by atoms with Crippen molar-refractivity contribution in [1.29, 1.82) is 0 Å². The molecule has 8 rings (SSSR count). The fraction of sp³-hybridized carbons (Fsp3) is 0. The number of nitrogens with zero attached hydrogens (tertiary/aromatic N) is 3. The van der Waals surface area contributed by atoms with Crippen LogP contribution in [0.5, 0.6) is 0 Å². The lowest BCUT2D eigenvalue weighted by atomic mass is 9.98. The molecule has 0 spiro atoms. The van der Waals surface area contributed by atoms with Crippen molar-refractivity contribution in [3.63, 3.8) is 0 Å². The van der Waals surface area contributed by atoms with Crippen molar-refractivity contribution >= 4 is 32.8 Å². The summed E-state index contributed by atoms with van der Waals surface area (Å²) in [5, 5.41) is 3.22. The van der Waals surface area contributed by atoms with Crippen LogP contribution >= 0.6 is 0 Å². The zero-order chi connectivity index (χ0) is 27.2. The first kappa shape index (κ1) is 23.3. The SMILES string of the molecule is c1ccc(-c2nc3c(ccc4ccc(-c5cccc(-c6nc(-c7ccccc7)c7ccccc7n6)c5)cc43)o2)cc1. The number of oxazole rings is 1. The van der Waals surface area contributed by atoms with E-state index in [1.807, 2.05) is 72.8 Å². The number of rotatable bonds is 4. The Morgan fingerprint density at radius 3 is 1.98 bits per heavy atom. The Kier molecular flexibility index (Phi) is 5.42. The molecular weight excluding hydrogens is 502 g/mol. The van der Waals surface area contributed by atoms with Gasteiger partial charge in [-0.15, -0.1) is 0 Å². The van der Waals surface area contributed by atoms with Gasteiger partial charge in [-0.1, -0.05) is 103 Å². The Morgan fingerprint density at radius 1 is 0.439 bits per heavy atom. The average Bonchev–Trinajstić information content (AvgIpc) is 3.50. The zero-order valence-corrected chi connectivity index (χ0v) is 22.0. The summed E-state index contributed by atoms with van der Waals surface area (Å²) in [7, 11) is 0. The van der Waals surface area contributed by atoms with E-state index in [2.05, 4.69) is 66.7 Å². The van der Waals surface area contributed by atoms with E-state index in [0.29, 0.717) is 11.7 Å². The fourth-order valence-electron chi connectivity index (χ4n) is 5.45. The van der Waals surface area contributed by atoms with Crippen LogP contribution in [0.2, 0.25) is 0 Å². The second-order valence-electron chi connectivity index (χ2n) is 10.1. The maximum Gasteiger partial charge on any atom is 0.227 e. The predicted molar refractivity (Wildman–Crippen MR) is 166 cm³/mol. The van der Waals surface area contributed by atoms with E-state index in [1.54, 1.807) is 0 Å². The van der Waals surface area contributed by atoms with E-state index in [4.69, 9.17) is 19.4 Å². The van der Waals surface area contributed by atoms with Crippen LogP contribution in [0.25, 0.3) is 78.0 Å². The zero-order valence-electron chi connectivity index (χ0n) is 22.0. The molecule has 0 atom stereocenters. The Labute approximate surface area is 236 Å². The van der Waals surface area contributed by atoms with Crippen LogP contribution in [0.4, 0.5) is 0 Å². The van der Waals surface area contributed by atoms with Crippen molar-refractivity contribution in [2.45, 2.75) is 0 Å². The Balaban J connectivity index is 1.25. The highest BCUT2D eigenvalue weighted by molar-refractivity contribution is 6.05. The Hall–Kier alpha value is -5.61. The van der Waals surface area contributed by atoms with Crippen LogP contribution in [0.1, 0.15) is 0 Å². The molecule has 0 unspecified atom stereocenters. The van der Waals surface area contributed by atoms with Crippen LogP contribution in [0.3, 0.4) is 0 Å². The molecule has 41 heavy (non-hydrogen) atoms. The lowest BCUT2D eigenvalue weighted by Gasteiger charge is -2.11. The van der Waals surface area contributed by atoms with Gasteiger partial charge in [0, 0.05) is 27.5 Å². The van der Waals surface area contributed by atoms with Crippen molar-refractivity contribution in [1.82, 2.24) is 15.0 Å². The maximum atomic E-state index is 6.14. The summed E-state index contributed by atoms with van der Waals surface area (Å²) in [5.74, 6) is 1.33. The predicted octanol–water partition coefficient (Wildman–Crippen LogP) is 9.59. The van der Waals surface area contributed by atoms with Crippen molar-refractivity contribution in [3.05, 3.63) is 140 Å². The highest BCUT2D eigenvalue weighted by Crippen LogP contribution is 2.34. The minimum absolute atomic E-state index is 0.628. The van der Waals surface area contributed by atoms with Crippen LogP contribution in [-0.4, -0.2) is 15.0 Å². The van der Waals surface area contributed by atoms with Crippen molar-refractivity contribution in [2.75, 3.05) is 0 Å². The monoisotopic (exact) mass is 525 g/mol. The van der Waals surface area contributed by atoms with Crippen molar-refractivity contribution in [3.8, 4) is 45.2 Å². The summed E-state index contributed by atoms with van der Waals surface area (Å²) in [6, 6.07) is 47.5. The lowest BCUT2D eigenvalue weighted by Crippen LogP contribution is -1.95. The molecule has 0 N–H and O–H groups in total. The summed E-state index contributed by atoms with van der Waals surface area (Å²) in [4.78, 5) is 14.9. The molecule has 0 aliphatic carbocycles. The number of benzene rings is 6. The first-order valence-corrected chi connectivity index (χ1v) is 13.6. The van der Waals surface area contributed by atoms with Gasteiger partial charge in [-0.25, -0.2) is 15.0 Å². The molecule has 0 radical (unpaired) electrons. The lowest BCUT2D eigenvalue weighted by molar-refractivity contribution is 0.620. The third-order valence-corrected chi connectivity index (χ3v) is 7.50. The number of fused-ring (bicyclic) bond motifs is 4. The van der Waals surface area contributed by atoms with Gasteiger partial charge < -0.3 is 4.42 Å². The minimum atomic E-state index is 0.628. The smallest absolute Gasteiger partial charge is 0.227 e. The Bertz CT molecular complexity index is 2200. The van der Waals surface area contributed by atoms with Crippen LogP contribution in [0, 0.1) is 0 Å². The van der Waals surface area contributed by atoms with Crippen LogP contribution < -0.4 is 0 Å². The molecule has 2 heterocycles. The summed E-state index contributed by atoms with van der Waals surface area (Å²) in [6.45, 7) is 0. The molecule has 4 heteroatoms. The molecular formula is C37H23N3O. The summed E-state index contributed by atoms with van der Waals surface area (Å²) < 4.78 is 6.14. The summed E-state index contributed by atoms with van der Waals surface area (Å²) in [6.07, 6.45) is 0. The van der Waals surface area contributed by atoms with Gasteiger partial charge in [0.1, 0.15) is 5.52 Å². The number of para-hydroxylation sites is 1. The van der Waals surface area contributed by atoms with Gasteiger partial charge in [-0.05, 0) is 52.9 Å². The molecule has 0 aliphatic rings. The summed E-state index contributed by atoms with van der Waals surface area (Å²) in [5.41, 5.74) is 8.70. The first-order chi connectivity index (χ1) is 20.3. The standard InChI is InChI=1S/C37H23N3O/c1-3-10-25(11-4-1)34-30-16-7-8-17-32(30)38-36(39-34)29-15-9-14-27(22-29)28-19-18-24-20-21-33-35(31(24)23-28)40-37(41-33)26-12-5-2-6-13-26/h1-23H. The topological polar surface area (TPSA) is 51.8 Å². The molecule has 6 aromatic carbocycles. The third-order valence-electron chi connectivity index (χ3n) is 7.50. The highest BCUT2D eigenvalue weighted by atomic mass is 16.3. The number of aromatic nitrogens is 3. The molecule has 0 saturated heterocycles. The second kappa shape index (κ2) is 9.54. The van der Waals surface area contributed by atoms with Crippen molar-refractivity contribution in [2.24, 2.45) is 0 Å². The van der Waals surface area contributed by atoms with Gasteiger partial charge in [-0.2, -0.15) is 0 Å². The first-order valence-electron chi connectivity index (χ1n) is 13.6. The average molecular weight is 526 g/mol. The molecule has 0 bridgehead atoms. The molecule has 0 saturated carbocycles. The molecule has 2 aromatic heterocycles. The summed E-state index contributed by atoms with van der Waals surface area (Å²) >= 11 is 0. The maximum absolute atomic E-state index is 6.14. The van der Waals surface area contributed by atoms with Gasteiger partial charge in [0.05, 0.1) is 11.2 Å². The molecule has 8 aromatic rings. The largest absolute Gasteiger partial charge is 0.436 e. The third kappa shape index (κ3) is 4.14. The van der Waals surface area contributed by atoms with Crippen molar-refractivity contribution < 1.29 is 4.42 Å². The normalized spacial score (nSPS) is 11.4. The van der Waals surface area contributed by atoms with Gasteiger partial charge in [-0.3, -0.25) is 0 Å². The highest BCUT2D eigenvalue weighted by Gasteiger charge is 2.14. The van der Waals surface area contributed by atoms with Gasteiger partial charge in [0.25, 0.3) is 0 Å². The van der Waals surface area contributed by atoms with Gasteiger partial charge >= 0.3 is 0 Å². The van der Waals surface area contributed by atoms with Crippen LogP contribution in [0.15, 0.2) is 144 Å². The van der Waals surface area contributed by atoms with E-state index in [1.165, 1.54) is 0 Å². The van der Waals surface area contributed by atoms with E-state index in [9.17, 15) is 0 Å². The molecule has 0 fully saturated rings. The molecule has 0 aliphatic heterocycles. The van der Waals surface area contributed by atoms with Crippen LogP contribution in [-0.2, 0) is 0 Å². The quantitative estimate of drug-likeness (QED) is 0.230. The van der Waals surface area contributed by atoms with E-state index < -0.39 is 0 Å². The van der Waals surface area contributed by atoms with E-state index >= 15 is 0 Å². The van der Waals surface area contributed by atoms with E-state index in [-0.39, 0.29) is 0 Å². The second-order valence-corrected chi connectivity index (χ2v) is 10.1. The number of hydrogen-bond donors (Lipinski definition) is 0. The minimum Gasteiger partial charge on any atom is -0.436 e. The molecule has 192 valence electrons. The molecule has 0 amide bonds. The number of hydrogen-bond acceptors (Lipinski definition) is 4. The fourth-order valence-corrected chi connectivity index (χ4v) is 5.45. The van der Waals surface area contributed by atoms with E-state index in [0.717, 1.165) is 66.3 Å². The van der Waals surface area contributed by atoms with Gasteiger partial charge in [0.2, 0.25) is 5.89 Å². The Morgan fingerprint density at radius 2 is 1.12 bits per heavy atom.